The monoisotopic (exact) mass is 306 g/mol. The maximum Gasteiger partial charge on any atom is 0.313 e. The zero-order chi connectivity index (χ0) is 15.6. The molecular formula is C16H22N2O2S. The number of nitrogens with zero attached hydrogens (tertiary/aromatic N) is 2. The third-order valence-corrected chi connectivity index (χ3v) is 4.84. The lowest BCUT2D eigenvalue weighted by molar-refractivity contribution is -0.133. The molecule has 0 aliphatic rings. The number of fused-ring (bicyclic) bond motifs is 1. The number of carboxylic acid groups (broad SMARTS) is 1. The van der Waals surface area contributed by atoms with E-state index in [1.54, 1.807) is 0 Å². The Morgan fingerprint density at radius 3 is 2.71 bits per heavy atom. The van der Waals surface area contributed by atoms with Gasteiger partial charge in [-0.3, -0.25) is 4.79 Å². The molecule has 2 rings (SSSR count). The first-order valence-electron chi connectivity index (χ1n) is 7.20. The van der Waals surface area contributed by atoms with Crippen LogP contribution in [0.15, 0.2) is 23.4 Å². The van der Waals surface area contributed by atoms with Crippen molar-refractivity contribution in [2.75, 3.05) is 5.75 Å². The second-order valence-electron chi connectivity index (χ2n) is 5.85. The van der Waals surface area contributed by atoms with Gasteiger partial charge in [-0.05, 0) is 30.4 Å². The van der Waals surface area contributed by atoms with Gasteiger partial charge >= 0.3 is 5.97 Å². The predicted octanol–water partition coefficient (Wildman–Crippen LogP) is 3.81. The topological polar surface area (TPSA) is 55.1 Å². The maximum atomic E-state index is 10.8. The molecule has 1 unspecified atom stereocenters. The van der Waals surface area contributed by atoms with Crippen LogP contribution in [0.3, 0.4) is 0 Å². The van der Waals surface area contributed by atoms with Crippen LogP contribution < -0.4 is 0 Å². The van der Waals surface area contributed by atoms with Crippen molar-refractivity contribution in [2.45, 2.75) is 39.4 Å². The molecule has 5 heteroatoms. The summed E-state index contributed by atoms with van der Waals surface area (Å²) in [5.74, 6) is 0.308. The van der Waals surface area contributed by atoms with Crippen molar-refractivity contribution in [1.29, 1.82) is 0 Å². The van der Waals surface area contributed by atoms with Gasteiger partial charge in [-0.25, -0.2) is 4.98 Å². The molecule has 0 fully saturated rings. The molecular weight excluding hydrogens is 284 g/mol. The molecule has 0 saturated carbocycles. The van der Waals surface area contributed by atoms with E-state index in [9.17, 15) is 4.79 Å². The highest BCUT2D eigenvalue weighted by atomic mass is 32.2. The number of aromatic nitrogens is 2. The minimum atomic E-state index is -0.813. The van der Waals surface area contributed by atoms with Crippen LogP contribution in [0.5, 0.6) is 0 Å². The zero-order valence-electron chi connectivity index (χ0n) is 13.0. The average molecular weight is 306 g/mol. The fraction of sp³-hybridized carbons (Fsp3) is 0.500. The second-order valence-corrected chi connectivity index (χ2v) is 6.79. The van der Waals surface area contributed by atoms with Crippen LogP contribution in [0, 0.1) is 18.8 Å². The molecule has 4 nitrogen and oxygen atoms in total. The van der Waals surface area contributed by atoms with Gasteiger partial charge in [-0.15, -0.1) is 0 Å². The van der Waals surface area contributed by atoms with E-state index < -0.39 is 5.97 Å². The lowest BCUT2D eigenvalue weighted by Gasteiger charge is -2.18. The lowest BCUT2D eigenvalue weighted by Crippen LogP contribution is -2.14. The molecule has 0 radical (unpaired) electrons. The van der Waals surface area contributed by atoms with E-state index >= 15 is 0 Å². The van der Waals surface area contributed by atoms with Gasteiger partial charge in [0.05, 0.1) is 16.8 Å². The van der Waals surface area contributed by atoms with E-state index in [4.69, 9.17) is 5.11 Å². The van der Waals surface area contributed by atoms with Crippen LogP contribution in [0.4, 0.5) is 0 Å². The van der Waals surface area contributed by atoms with Crippen molar-refractivity contribution in [3.8, 4) is 0 Å². The van der Waals surface area contributed by atoms with Crippen LogP contribution in [0.1, 0.15) is 26.3 Å². The molecule has 1 aromatic carbocycles. The molecule has 21 heavy (non-hydrogen) atoms. The number of aryl methyl sites for hydroxylation is 1. The Morgan fingerprint density at radius 2 is 2.10 bits per heavy atom. The molecule has 0 aliphatic carbocycles. The number of benzene rings is 1. The molecule has 0 amide bonds. The largest absolute Gasteiger partial charge is 0.481 e. The fourth-order valence-corrected chi connectivity index (χ4v) is 2.91. The highest BCUT2D eigenvalue weighted by Crippen LogP contribution is 2.28. The van der Waals surface area contributed by atoms with Crippen molar-refractivity contribution in [2.24, 2.45) is 11.8 Å². The van der Waals surface area contributed by atoms with Crippen LogP contribution in [0.2, 0.25) is 0 Å². The standard InChI is InChI=1S/C16H22N2O2S/c1-10(2)12(4)8-18-13-7-5-6-11(3)15(13)17-16(18)21-9-14(19)20/h5-7,10,12H,8-9H2,1-4H3,(H,19,20). The average Bonchev–Trinajstić information content (AvgIpc) is 2.76. The molecule has 114 valence electrons. The van der Waals surface area contributed by atoms with Crippen LogP contribution >= 0.6 is 11.8 Å². The minimum Gasteiger partial charge on any atom is -0.481 e. The summed E-state index contributed by atoms with van der Waals surface area (Å²) in [7, 11) is 0. The molecule has 1 aromatic heterocycles. The van der Waals surface area contributed by atoms with Crippen molar-refractivity contribution in [1.82, 2.24) is 9.55 Å². The molecule has 1 N–H and O–H groups in total. The van der Waals surface area contributed by atoms with Gasteiger partial charge in [0.15, 0.2) is 5.16 Å². The van der Waals surface area contributed by atoms with Gasteiger partial charge in [-0.2, -0.15) is 0 Å². The van der Waals surface area contributed by atoms with Crippen molar-refractivity contribution in [3.63, 3.8) is 0 Å². The zero-order valence-corrected chi connectivity index (χ0v) is 13.8. The van der Waals surface area contributed by atoms with E-state index in [2.05, 4.69) is 36.4 Å². The molecule has 0 saturated heterocycles. The Balaban J connectivity index is 2.44. The molecule has 1 atom stereocenters. The summed E-state index contributed by atoms with van der Waals surface area (Å²) < 4.78 is 2.17. The van der Waals surface area contributed by atoms with Gasteiger partial charge in [-0.1, -0.05) is 44.7 Å². The Labute approximate surface area is 129 Å². The summed E-state index contributed by atoms with van der Waals surface area (Å²) in [4.78, 5) is 15.5. The van der Waals surface area contributed by atoms with Crippen LogP contribution in [-0.2, 0) is 11.3 Å². The Morgan fingerprint density at radius 1 is 1.38 bits per heavy atom. The number of rotatable bonds is 6. The van der Waals surface area contributed by atoms with E-state index in [1.807, 2.05) is 19.1 Å². The Hall–Kier alpha value is -1.49. The predicted molar refractivity (Wildman–Crippen MR) is 86.8 cm³/mol. The summed E-state index contributed by atoms with van der Waals surface area (Å²) in [5.41, 5.74) is 3.19. The van der Waals surface area contributed by atoms with Crippen molar-refractivity contribution >= 4 is 28.8 Å². The first-order valence-corrected chi connectivity index (χ1v) is 8.19. The number of aliphatic carboxylic acids is 1. The van der Waals surface area contributed by atoms with E-state index in [1.165, 1.54) is 11.8 Å². The Kier molecular flexibility index (Phi) is 4.93. The fourth-order valence-electron chi connectivity index (χ4n) is 2.18. The molecule has 1 heterocycles. The van der Waals surface area contributed by atoms with Crippen molar-refractivity contribution in [3.05, 3.63) is 23.8 Å². The SMILES string of the molecule is Cc1cccc2c1nc(SCC(=O)O)n2CC(C)C(C)C. The molecule has 2 aromatic rings. The minimum absolute atomic E-state index is 0.0401. The normalized spacial score (nSPS) is 13.0. The molecule has 0 spiro atoms. The van der Waals surface area contributed by atoms with Gasteiger partial charge in [0, 0.05) is 6.54 Å². The highest BCUT2D eigenvalue weighted by molar-refractivity contribution is 7.99. The first kappa shape index (κ1) is 15.9. The van der Waals surface area contributed by atoms with Gasteiger partial charge in [0.1, 0.15) is 0 Å². The summed E-state index contributed by atoms with van der Waals surface area (Å²) >= 11 is 1.30. The Bertz CT molecular complexity index is 649. The van der Waals surface area contributed by atoms with E-state index in [0.717, 1.165) is 28.3 Å². The van der Waals surface area contributed by atoms with E-state index in [-0.39, 0.29) is 5.75 Å². The van der Waals surface area contributed by atoms with Gasteiger partial charge in [0.2, 0.25) is 0 Å². The van der Waals surface area contributed by atoms with Crippen LogP contribution in [-0.4, -0.2) is 26.4 Å². The third-order valence-electron chi connectivity index (χ3n) is 3.88. The van der Waals surface area contributed by atoms with Gasteiger partial charge < -0.3 is 9.67 Å². The van der Waals surface area contributed by atoms with Crippen molar-refractivity contribution < 1.29 is 9.90 Å². The summed E-state index contributed by atoms with van der Waals surface area (Å²) in [5, 5.41) is 9.71. The first-order chi connectivity index (χ1) is 9.90. The number of carbonyl (C=O) groups is 1. The smallest absolute Gasteiger partial charge is 0.313 e. The van der Waals surface area contributed by atoms with Crippen LogP contribution in [0.25, 0.3) is 11.0 Å². The summed E-state index contributed by atoms with van der Waals surface area (Å²) in [6.07, 6.45) is 0. The second kappa shape index (κ2) is 6.52. The summed E-state index contributed by atoms with van der Waals surface area (Å²) in [6.45, 7) is 9.53. The molecule has 0 bridgehead atoms. The number of imidazole rings is 1. The number of carboxylic acids is 1. The lowest BCUT2D eigenvalue weighted by atomic mass is 9.98. The third kappa shape index (κ3) is 3.59. The molecule has 0 aliphatic heterocycles. The van der Waals surface area contributed by atoms with E-state index in [0.29, 0.717) is 11.8 Å². The maximum absolute atomic E-state index is 10.8. The van der Waals surface area contributed by atoms with Gasteiger partial charge in [0.25, 0.3) is 0 Å². The quantitative estimate of drug-likeness (QED) is 0.824. The summed E-state index contributed by atoms with van der Waals surface area (Å²) in [6, 6.07) is 6.13. The number of hydrogen-bond donors (Lipinski definition) is 1. The number of thioether (sulfide) groups is 1. The number of para-hydroxylation sites is 1. The number of hydrogen-bond acceptors (Lipinski definition) is 3. The highest BCUT2D eigenvalue weighted by Gasteiger charge is 2.17.